The monoisotopic (exact) mass is 314 g/mol. The van der Waals surface area contributed by atoms with Crippen LogP contribution in [0.1, 0.15) is 23.9 Å². The van der Waals surface area contributed by atoms with E-state index in [0.717, 1.165) is 44.7 Å². The third-order valence-corrected chi connectivity index (χ3v) is 5.51. The van der Waals surface area contributed by atoms with Crippen molar-refractivity contribution in [2.24, 2.45) is 5.41 Å². The minimum absolute atomic E-state index is 0.276. The molecule has 2 saturated heterocycles. The van der Waals surface area contributed by atoms with Gasteiger partial charge in [0.25, 0.3) is 0 Å². The number of amides is 1. The zero-order valence-corrected chi connectivity index (χ0v) is 14.2. The molecule has 4 rings (SSSR count). The van der Waals surface area contributed by atoms with Crippen molar-refractivity contribution in [3.63, 3.8) is 0 Å². The lowest BCUT2D eigenvalue weighted by Crippen LogP contribution is -2.71. The maximum atomic E-state index is 12.6. The molecule has 124 valence electrons. The highest BCUT2D eigenvalue weighted by Gasteiger charge is 2.50. The second kappa shape index (κ2) is 5.56. The molecule has 0 aliphatic carbocycles. The Morgan fingerprint density at radius 2 is 2.04 bits per heavy atom. The van der Waals surface area contributed by atoms with Gasteiger partial charge < -0.3 is 9.80 Å². The van der Waals surface area contributed by atoms with E-state index >= 15 is 0 Å². The summed E-state index contributed by atoms with van der Waals surface area (Å²) in [4.78, 5) is 24.0. The van der Waals surface area contributed by atoms with E-state index in [1.807, 2.05) is 4.90 Å². The van der Waals surface area contributed by atoms with E-state index in [0.29, 0.717) is 12.0 Å². The summed E-state index contributed by atoms with van der Waals surface area (Å²) < 4.78 is 0. The summed E-state index contributed by atoms with van der Waals surface area (Å²) in [5.74, 6) is 0.276. The maximum Gasteiger partial charge on any atom is 0.237 e. The first-order chi connectivity index (χ1) is 11.1. The number of aromatic nitrogens is 1. The zero-order valence-electron chi connectivity index (χ0n) is 14.2. The van der Waals surface area contributed by atoms with Crippen LogP contribution in [0.2, 0.25) is 0 Å². The van der Waals surface area contributed by atoms with Crippen molar-refractivity contribution in [1.29, 1.82) is 0 Å². The summed E-state index contributed by atoms with van der Waals surface area (Å²) in [5.41, 5.74) is 4.07. The Morgan fingerprint density at radius 3 is 2.74 bits per heavy atom. The van der Waals surface area contributed by atoms with Gasteiger partial charge in [0.15, 0.2) is 0 Å². The normalized spacial score (nSPS) is 23.3. The Bertz CT molecular complexity index is 615. The molecule has 2 fully saturated rings. The molecule has 23 heavy (non-hydrogen) atoms. The highest BCUT2D eigenvalue weighted by molar-refractivity contribution is 5.78. The van der Waals surface area contributed by atoms with Gasteiger partial charge in [0.2, 0.25) is 5.91 Å². The molecule has 1 spiro atoms. The summed E-state index contributed by atoms with van der Waals surface area (Å²) >= 11 is 0. The Hall–Kier alpha value is -1.46. The maximum absolute atomic E-state index is 12.6. The quantitative estimate of drug-likeness (QED) is 0.826. The largest absolute Gasteiger partial charge is 0.337 e. The van der Waals surface area contributed by atoms with E-state index in [2.05, 4.69) is 35.9 Å². The first kappa shape index (κ1) is 15.1. The molecule has 0 bridgehead atoms. The van der Waals surface area contributed by atoms with Gasteiger partial charge in [-0.2, -0.15) is 0 Å². The van der Waals surface area contributed by atoms with Crippen LogP contribution in [-0.2, 0) is 24.2 Å². The van der Waals surface area contributed by atoms with Crippen molar-refractivity contribution >= 4 is 5.91 Å². The summed E-state index contributed by atoms with van der Waals surface area (Å²) in [6, 6.07) is 4.25. The summed E-state index contributed by atoms with van der Waals surface area (Å²) in [6.07, 6.45) is 1.87. The third-order valence-electron chi connectivity index (χ3n) is 5.51. The van der Waals surface area contributed by atoms with Crippen LogP contribution in [0.5, 0.6) is 0 Å². The number of pyridine rings is 1. The first-order valence-corrected chi connectivity index (χ1v) is 8.73. The summed E-state index contributed by atoms with van der Waals surface area (Å²) in [5, 5.41) is 0. The fourth-order valence-electron chi connectivity index (χ4n) is 4.48. The van der Waals surface area contributed by atoms with E-state index in [9.17, 15) is 4.79 Å². The topological polar surface area (TPSA) is 39.7 Å². The summed E-state index contributed by atoms with van der Waals surface area (Å²) in [6.45, 7) is 8.83. The van der Waals surface area contributed by atoms with Crippen LogP contribution in [0.15, 0.2) is 12.1 Å². The molecule has 3 aliphatic heterocycles. The molecule has 0 atom stereocenters. The van der Waals surface area contributed by atoms with Gasteiger partial charge in [0.05, 0.1) is 6.54 Å². The van der Waals surface area contributed by atoms with Crippen LogP contribution < -0.4 is 0 Å². The minimum atomic E-state index is 0.276. The number of aryl methyl sites for hydroxylation is 1. The predicted molar refractivity (Wildman–Crippen MR) is 89.1 cm³/mol. The number of nitrogens with zero attached hydrogens (tertiary/aromatic N) is 4. The van der Waals surface area contributed by atoms with Crippen molar-refractivity contribution in [2.75, 3.05) is 46.3 Å². The average Bonchev–Trinajstić information content (AvgIpc) is 2.50. The molecular formula is C18H26N4O. The van der Waals surface area contributed by atoms with Crippen LogP contribution in [0.3, 0.4) is 0 Å². The predicted octanol–water partition coefficient (Wildman–Crippen LogP) is 0.776. The number of likely N-dealkylation sites (tertiary alicyclic amines) is 2. The van der Waals surface area contributed by atoms with Gasteiger partial charge in [0, 0.05) is 62.5 Å². The highest BCUT2D eigenvalue weighted by Crippen LogP contribution is 2.38. The molecule has 0 saturated carbocycles. The molecular weight excluding hydrogens is 288 g/mol. The van der Waals surface area contributed by atoms with Crippen molar-refractivity contribution < 1.29 is 4.79 Å². The molecule has 1 aromatic rings. The minimum Gasteiger partial charge on any atom is -0.337 e. The molecule has 1 aromatic heterocycles. The fraction of sp³-hybridized carbons (Fsp3) is 0.667. The molecule has 0 radical (unpaired) electrons. The zero-order chi connectivity index (χ0) is 16.0. The molecule has 0 unspecified atom stereocenters. The Kier molecular flexibility index (Phi) is 3.65. The third kappa shape index (κ3) is 2.76. The lowest BCUT2D eigenvalue weighted by atomic mass is 9.73. The summed E-state index contributed by atoms with van der Waals surface area (Å²) in [7, 11) is 2.17. The molecule has 0 N–H and O–H groups in total. The number of rotatable bonds is 3. The van der Waals surface area contributed by atoms with E-state index in [-0.39, 0.29) is 5.91 Å². The van der Waals surface area contributed by atoms with Crippen molar-refractivity contribution in [2.45, 2.75) is 26.3 Å². The van der Waals surface area contributed by atoms with E-state index in [1.165, 1.54) is 24.3 Å². The lowest BCUT2D eigenvalue weighted by molar-refractivity contribution is -0.143. The Balaban J connectivity index is 1.32. The van der Waals surface area contributed by atoms with Crippen molar-refractivity contribution in [3.8, 4) is 0 Å². The second-order valence-corrected chi connectivity index (χ2v) is 7.64. The smallest absolute Gasteiger partial charge is 0.237 e. The van der Waals surface area contributed by atoms with E-state index in [4.69, 9.17) is 4.98 Å². The SMILES string of the molecule is CCc1ccc2c(n1)CCN(C(=O)CN1CC3(CN(C)C3)C1)C2. The van der Waals surface area contributed by atoms with Crippen molar-refractivity contribution in [1.82, 2.24) is 19.7 Å². The highest BCUT2D eigenvalue weighted by atomic mass is 16.2. The number of fused-ring (bicyclic) bond motifs is 1. The molecule has 5 heteroatoms. The number of hydrogen-bond donors (Lipinski definition) is 0. The Labute approximate surface area is 138 Å². The Morgan fingerprint density at radius 1 is 1.26 bits per heavy atom. The molecule has 5 nitrogen and oxygen atoms in total. The van der Waals surface area contributed by atoms with Gasteiger partial charge in [0.1, 0.15) is 0 Å². The second-order valence-electron chi connectivity index (χ2n) is 7.64. The molecule has 3 aliphatic rings. The van der Waals surface area contributed by atoms with E-state index < -0.39 is 0 Å². The van der Waals surface area contributed by atoms with Crippen LogP contribution in [0.4, 0.5) is 0 Å². The van der Waals surface area contributed by atoms with Crippen LogP contribution in [-0.4, -0.2) is 71.9 Å². The van der Waals surface area contributed by atoms with Crippen LogP contribution in [0, 0.1) is 5.41 Å². The molecule has 0 aromatic carbocycles. The standard InChI is InChI=1S/C18H26N4O/c1-3-15-5-4-14-8-22(7-6-16(14)19-15)17(23)9-21-12-18(13-21)10-20(2)11-18/h4-5H,3,6-13H2,1-2H3. The number of carbonyl (C=O) groups is 1. The van der Waals surface area contributed by atoms with Gasteiger partial charge in [-0.05, 0) is 25.1 Å². The number of hydrogen-bond acceptors (Lipinski definition) is 4. The van der Waals surface area contributed by atoms with E-state index in [1.54, 1.807) is 0 Å². The van der Waals surface area contributed by atoms with Crippen LogP contribution in [0.25, 0.3) is 0 Å². The average molecular weight is 314 g/mol. The van der Waals surface area contributed by atoms with Gasteiger partial charge in [-0.25, -0.2) is 0 Å². The first-order valence-electron chi connectivity index (χ1n) is 8.73. The van der Waals surface area contributed by atoms with Gasteiger partial charge in [-0.1, -0.05) is 13.0 Å². The lowest BCUT2D eigenvalue weighted by Gasteiger charge is -2.59. The fourth-order valence-corrected chi connectivity index (χ4v) is 4.48. The van der Waals surface area contributed by atoms with Crippen LogP contribution >= 0.6 is 0 Å². The number of carbonyl (C=O) groups excluding carboxylic acids is 1. The van der Waals surface area contributed by atoms with Crippen molar-refractivity contribution in [3.05, 3.63) is 29.1 Å². The molecule has 4 heterocycles. The molecule has 1 amide bonds. The van der Waals surface area contributed by atoms with Gasteiger partial charge >= 0.3 is 0 Å². The van der Waals surface area contributed by atoms with Gasteiger partial charge in [-0.15, -0.1) is 0 Å². The van der Waals surface area contributed by atoms with Gasteiger partial charge in [-0.3, -0.25) is 14.7 Å².